The molecule has 1 atom stereocenters. The monoisotopic (exact) mass is 284 g/mol. The highest BCUT2D eigenvalue weighted by Gasteiger charge is 2.11. The smallest absolute Gasteiger partial charge is 0.157 e. The Bertz CT molecular complexity index is 211. The van der Waals surface area contributed by atoms with Gasteiger partial charge in [-0.1, -0.05) is 89.7 Å². The van der Waals surface area contributed by atoms with Crippen LogP contribution in [-0.2, 0) is 0 Å². The fourth-order valence-corrected chi connectivity index (χ4v) is 2.64. The SMILES string of the molecule is CC=CC(CCCCCCCCCCCCC)C(O)O. The number of aliphatic hydroxyl groups excluding tert-OH is 1. The first-order chi connectivity index (χ1) is 9.72. The Labute approximate surface area is 126 Å². The molecule has 0 saturated carbocycles. The molecule has 0 aliphatic heterocycles. The van der Waals surface area contributed by atoms with Crippen LogP contribution in [0.3, 0.4) is 0 Å². The lowest BCUT2D eigenvalue weighted by atomic mass is 9.99. The van der Waals surface area contributed by atoms with Gasteiger partial charge in [0, 0.05) is 5.92 Å². The van der Waals surface area contributed by atoms with E-state index in [1.165, 1.54) is 64.2 Å². The molecule has 0 spiro atoms. The fourth-order valence-electron chi connectivity index (χ4n) is 2.64. The summed E-state index contributed by atoms with van der Waals surface area (Å²) in [5.41, 5.74) is 0. The van der Waals surface area contributed by atoms with Crippen molar-refractivity contribution in [1.29, 1.82) is 0 Å². The summed E-state index contributed by atoms with van der Waals surface area (Å²) in [6.45, 7) is 4.19. The van der Waals surface area contributed by atoms with E-state index in [0.29, 0.717) is 0 Å². The van der Waals surface area contributed by atoms with Gasteiger partial charge >= 0.3 is 0 Å². The van der Waals surface area contributed by atoms with Crippen molar-refractivity contribution in [3.8, 4) is 0 Å². The molecule has 2 heteroatoms. The van der Waals surface area contributed by atoms with E-state index in [2.05, 4.69) is 6.92 Å². The van der Waals surface area contributed by atoms with Crippen LogP contribution in [0.1, 0.15) is 90.9 Å². The van der Waals surface area contributed by atoms with Crippen molar-refractivity contribution in [3.63, 3.8) is 0 Å². The van der Waals surface area contributed by atoms with Crippen molar-refractivity contribution in [2.45, 2.75) is 97.2 Å². The van der Waals surface area contributed by atoms with Crippen LogP contribution in [0.2, 0.25) is 0 Å². The van der Waals surface area contributed by atoms with Crippen LogP contribution < -0.4 is 0 Å². The summed E-state index contributed by atoms with van der Waals surface area (Å²) >= 11 is 0. The summed E-state index contributed by atoms with van der Waals surface area (Å²) in [7, 11) is 0. The first kappa shape index (κ1) is 19.7. The van der Waals surface area contributed by atoms with Crippen molar-refractivity contribution in [3.05, 3.63) is 12.2 Å². The summed E-state index contributed by atoms with van der Waals surface area (Å²) in [5.74, 6) is -0.0847. The van der Waals surface area contributed by atoms with Gasteiger partial charge in [-0.25, -0.2) is 0 Å². The van der Waals surface area contributed by atoms with Gasteiger partial charge in [0.05, 0.1) is 0 Å². The summed E-state index contributed by atoms with van der Waals surface area (Å²) in [4.78, 5) is 0. The molecular formula is C18H36O2. The normalized spacial score (nSPS) is 13.4. The van der Waals surface area contributed by atoms with Crippen molar-refractivity contribution >= 4 is 0 Å². The van der Waals surface area contributed by atoms with E-state index in [1.54, 1.807) is 0 Å². The van der Waals surface area contributed by atoms with Crippen LogP contribution in [0.4, 0.5) is 0 Å². The molecule has 0 aliphatic rings. The maximum Gasteiger partial charge on any atom is 0.157 e. The van der Waals surface area contributed by atoms with Crippen molar-refractivity contribution in [1.82, 2.24) is 0 Å². The van der Waals surface area contributed by atoms with Gasteiger partial charge in [0.2, 0.25) is 0 Å². The van der Waals surface area contributed by atoms with Crippen molar-refractivity contribution in [2.75, 3.05) is 0 Å². The van der Waals surface area contributed by atoms with Crippen LogP contribution in [-0.4, -0.2) is 16.5 Å². The number of allylic oxidation sites excluding steroid dienone is 1. The molecule has 0 saturated heterocycles. The van der Waals surface area contributed by atoms with E-state index in [4.69, 9.17) is 0 Å². The first-order valence-electron chi connectivity index (χ1n) is 8.71. The van der Waals surface area contributed by atoms with E-state index in [-0.39, 0.29) is 5.92 Å². The summed E-state index contributed by atoms with van der Waals surface area (Å²) in [5, 5.41) is 18.4. The predicted octanol–water partition coefficient (Wildman–Crippen LogP) is 5.19. The predicted molar refractivity (Wildman–Crippen MR) is 87.6 cm³/mol. The molecule has 120 valence electrons. The fraction of sp³-hybridized carbons (Fsp3) is 0.889. The third kappa shape index (κ3) is 12.7. The lowest BCUT2D eigenvalue weighted by Gasteiger charge is -2.14. The van der Waals surface area contributed by atoms with Crippen molar-refractivity contribution < 1.29 is 10.2 Å². The molecule has 0 aromatic rings. The average Bonchev–Trinajstić information content (AvgIpc) is 2.43. The Morgan fingerprint density at radius 2 is 1.20 bits per heavy atom. The highest BCUT2D eigenvalue weighted by atomic mass is 16.5. The van der Waals surface area contributed by atoms with E-state index in [0.717, 1.165) is 12.8 Å². The Balaban J connectivity index is 3.27. The molecule has 0 radical (unpaired) electrons. The topological polar surface area (TPSA) is 40.5 Å². The summed E-state index contributed by atoms with van der Waals surface area (Å²) in [6, 6.07) is 0. The Morgan fingerprint density at radius 1 is 0.750 bits per heavy atom. The van der Waals surface area contributed by atoms with Gasteiger partial charge in [-0.05, 0) is 13.3 Å². The lowest BCUT2D eigenvalue weighted by molar-refractivity contribution is -0.0722. The highest BCUT2D eigenvalue weighted by Crippen LogP contribution is 2.16. The van der Waals surface area contributed by atoms with E-state index in [9.17, 15) is 10.2 Å². The third-order valence-electron chi connectivity index (χ3n) is 3.96. The minimum absolute atomic E-state index is 0.0847. The molecule has 0 aromatic carbocycles. The highest BCUT2D eigenvalue weighted by molar-refractivity contribution is 4.86. The Hall–Kier alpha value is -0.340. The summed E-state index contributed by atoms with van der Waals surface area (Å²) < 4.78 is 0. The average molecular weight is 284 g/mol. The number of hydrogen-bond acceptors (Lipinski definition) is 2. The maximum atomic E-state index is 9.21. The zero-order valence-corrected chi connectivity index (χ0v) is 13.7. The van der Waals surface area contributed by atoms with Crippen molar-refractivity contribution in [2.24, 2.45) is 5.92 Å². The minimum Gasteiger partial charge on any atom is -0.368 e. The van der Waals surface area contributed by atoms with Gasteiger partial charge in [0.15, 0.2) is 6.29 Å². The number of unbranched alkanes of at least 4 members (excludes halogenated alkanes) is 10. The van der Waals surface area contributed by atoms with Crippen LogP contribution in [0.5, 0.6) is 0 Å². The van der Waals surface area contributed by atoms with Gasteiger partial charge in [0.1, 0.15) is 0 Å². The maximum absolute atomic E-state index is 9.21. The van der Waals surface area contributed by atoms with Crippen LogP contribution in [0, 0.1) is 5.92 Å². The van der Waals surface area contributed by atoms with Gasteiger partial charge in [-0.15, -0.1) is 0 Å². The second-order valence-corrected chi connectivity index (χ2v) is 5.93. The Morgan fingerprint density at radius 3 is 1.60 bits per heavy atom. The van der Waals surface area contributed by atoms with Gasteiger partial charge in [-0.3, -0.25) is 0 Å². The number of hydrogen-bond donors (Lipinski definition) is 2. The number of rotatable bonds is 14. The molecule has 0 heterocycles. The van der Waals surface area contributed by atoms with E-state index >= 15 is 0 Å². The Kier molecular flexibility index (Phi) is 14.8. The molecule has 20 heavy (non-hydrogen) atoms. The third-order valence-corrected chi connectivity index (χ3v) is 3.96. The van der Waals surface area contributed by atoms with E-state index < -0.39 is 6.29 Å². The quantitative estimate of drug-likeness (QED) is 0.262. The summed E-state index contributed by atoms with van der Waals surface area (Å²) in [6.07, 6.45) is 18.1. The minimum atomic E-state index is -1.20. The zero-order chi connectivity index (χ0) is 15.1. The van der Waals surface area contributed by atoms with Gasteiger partial charge < -0.3 is 10.2 Å². The number of aliphatic hydroxyl groups is 2. The van der Waals surface area contributed by atoms with Crippen LogP contribution in [0.15, 0.2) is 12.2 Å². The first-order valence-corrected chi connectivity index (χ1v) is 8.71. The molecule has 2 nitrogen and oxygen atoms in total. The largest absolute Gasteiger partial charge is 0.368 e. The molecule has 0 rings (SSSR count). The zero-order valence-electron chi connectivity index (χ0n) is 13.7. The molecule has 0 fully saturated rings. The molecule has 0 amide bonds. The van der Waals surface area contributed by atoms with Crippen LogP contribution in [0.25, 0.3) is 0 Å². The molecular weight excluding hydrogens is 248 g/mol. The molecule has 2 N–H and O–H groups in total. The molecule has 0 aliphatic carbocycles. The van der Waals surface area contributed by atoms with Gasteiger partial charge in [-0.2, -0.15) is 0 Å². The van der Waals surface area contributed by atoms with E-state index in [1.807, 2.05) is 19.1 Å². The van der Waals surface area contributed by atoms with Gasteiger partial charge in [0.25, 0.3) is 0 Å². The standard InChI is InChI=1S/C18H36O2/c1-3-5-6-7-8-9-10-11-12-13-14-16-17(15-4-2)18(19)20/h4,15,17-20H,3,5-14,16H2,1-2H3. The molecule has 0 aromatic heterocycles. The second-order valence-electron chi connectivity index (χ2n) is 5.93. The molecule has 1 unspecified atom stereocenters. The lowest BCUT2D eigenvalue weighted by Crippen LogP contribution is -2.17. The second kappa shape index (κ2) is 15.1. The van der Waals surface area contributed by atoms with Crippen LogP contribution >= 0.6 is 0 Å². The molecule has 0 bridgehead atoms.